The molecule has 5 nitrogen and oxygen atoms in total. The van der Waals surface area contributed by atoms with E-state index in [9.17, 15) is 9.59 Å². The fourth-order valence-corrected chi connectivity index (χ4v) is 2.26. The molecule has 1 N–H and O–H groups in total. The molecule has 2 unspecified atom stereocenters. The molecule has 2 atom stereocenters. The Balaban J connectivity index is 2.82. The standard InChI is InChI=1S/C13H25N3O2/c1-9(7-8-15(5)6)16-10(2)11(17)14-13(3,4)12(16)18/h9-10H,7-8H2,1-6H3,(H,14,17). The van der Waals surface area contributed by atoms with Crippen molar-refractivity contribution in [3.8, 4) is 0 Å². The van der Waals surface area contributed by atoms with Crippen LogP contribution in [0.15, 0.2) is 0 Å². The van der Waals surface area contributed by atoms with Gasteiger partial charge in [-0.1, -0.05) is 0 Å². The first-order chi connectivity index (χ1) is 8.16. The first-order valence-corrected chi connectivity index (χ1v) is 6.46. The van der Waals surface area contributed by atoms with E-state index in [1.165, 1.54) is 0 Å². The van der Waals surface area contributed by atoms with Gasteiger partial charge in [-0.2, -0.15) is 0 Å². The largest absolute Gasteiger partial charge is 0.340 e. The van der Waals surface area contributed by atoms with Crippen molar-refractivity contribution < 1.29 is 9.59 Å². The van der Waals surface area contributed by atoms with Crippen molar-refractivity contribution in [1.29, 1.82) is 0 Å². The molecular weight excluding hydrogens is 230 g/mol. The van der Waals surface area contributed by atoms with Gasteiger partial charge in [-0.05, 0) is 54.8 Å². The first-order valence-electron chi connectivity index (χ1n) is 6.46. The minimum absolute atomic E-state index is 0.000793. The van der Waals surface area contributed by atoms with Gasteiger partial charge in [-0.25, -0.2) is 0 Å². The van der Waals surface area contributed by atoms with Crippen molar-refractivity contribution in [2.75, 3.05) is 20.6 Å². The van der Waals surface area contributed by atoms with E-state index in [-0.39, 0.29) is 23.9 Å². The Hall–Kier alpha value is -1.10. The number of hydrogen-bond donors (Lipinski definition) is 1. The number of carbonyl (C=O) groups is 2. The molecule has 0 aromatic heterocycles. The summed E-state index contributed by atoms with van der Waals surface area (Å²) in [6, 6.07) is -0.317. The number of nitrogens with zero attached hydrogens (tertiary/aromatic N) is 2. The minimum Gasteiger partial charge on any atom is -0.340 e. The van der Waals surface area contributed by atoms with Gasteiger partial charge in [0.25, 0.3) is 0 Å². The van der Waals surface area contributed by atoms with Crippen molar-refractivity contribution in [1.82, 2.24) is 15.1 Å². The van der Waals surface area contributed by atoms with Crippen LogP contribution in [0.3, 0.4) is 0 Å². The monoisotopic (exact) mass is 255 g/mol. The Morgan fingerprint density at radius 2 is 1.94 bits per heavy atom. The fourth-order valence-electron chi connectivity index (χ4n) is 2.26. The van der Waals surface area contributed by atoms with E-state index in [0.717, 1.165) is 13.0 Å². The van der Waals surface area contributed by atoms with E-state index in [1.807, 2.05) is 21.0 Å². The maximum absolute atomic E-state index is 12.4. The molecule has 0 aromatic carbocycles. The summed E-state index contributed by atoms with van der Waals surface area (Å²) >= 11 is 0. The molecule has 1 rings (SSSR count). The summed E-state index contributed by atoms with van der Waals surface area (Å²) in [5.41, 5.74) is -0.796. The molecule has 1 aliphatic heterocycles. The van der Waals surface area contributed by atoms with E-state index >= 15 is 0 Å². The summed E-state index contributed by atoms with van der Waals surface area (Å²) < 4.78 is 0. The number of hydrogen-bond acceptors (Lipinski definition) is 3. The molecule has 0 spiro atoms. The summed E-state index contributed by atoms with van der Waals surface area (Å²) in [4.78, 5) is 28.1. The Morgan fingerprint density at radius 1 is 1.39 bits per heavy atom. The van der Waals surface area contributed by atoms with Crippen molar-refractivity contribution in [2.45, 2.75) is 51.7 Å². The molecule has 1 fully saturated rings. The summed E-state index contributed by atoms with van der Waals surface area (Å²) in [6.07, 6.45) is 0.868. The number of nitrogens with one attached hydrogen (secondary N) is 1. The van der Waals surface area contributed by atoms with Crippen LogP contribution < -0.4 is 5.32 Å². The van der Waals surface area contributed by atoms with Gasteiger partial charge in [0.15, 0.2) is 0 Å². The molecule has 1 saturated heterocycles. The molecule has 104 valence electrons. The second-order valence-corrected chi connectivity index (χ2v) is 5.94. The van der Waals surface area contributed by atoms with Crippen molar-refractivity contribution in [3.63, 3.8) is 0 Å². The molecule has 1 heterocycles. The smallest absolute Gasteiger partial charge is 0.248 e. The molecule has 0 radical (unpaired) electrons. The van der Waals surface area contributed by atoms with Gasteiger partial charge in [-0.15, -0.1) is 0 Å². The van der Waals surface area contributed by atoms with Gasteiger partial charge in [0.2, 0.25) is 11.8 Å². The minimum atomic E-state index is -0.796. The summed E-state index contributed by atoms with van der Waals surface area (Å²) in [5, 5.41) is 2.76. The number of carbonyl (C=O) groups excluding carboxylic acids is 2. The third kappa shape index (κ3) is 3.02. The van der Waals surface area contributed by atoms with E-state index in [1.54, 1.807) is 25.7 Å². The molecule has 0 aliphatic carbocycles. The SMILES string of the molecule is CC(CCN(C)C)N1C(=O)C(C)(C)NC(=O)C1C. The fraction of sp³-hybridized carbons (Fsp3) is 0.846. The Bertz CT molecular complexity index is 339. The zero-order chi connectivity index (χ0) is 14.1. The Morgan fingerprint density at radius 3 is 2.44 bits per heavy atom. The third-order valence-electron chi connectivity index (χ3n) is 3.47. The lowest BCUT2D eigenvalue weighted by Gasteiger charge is -2.44. The maximum atomic E-state index is 12.4. The Kier molecular flexibility index (Phi) is 4.37. The quantitative estimate of drug-likeness (QED) is 0.793. The van der Waals surface area contributed by atoms with Crippen LogP contribution >= 0.6 is 0 Å². The average Bonchev–Trinajstić information content (AvgIpc) is 2.23. The van der Waals surface area contributed by atoms with Crippen LogP contribution in [-0.4, -0.2) is 59.9 Å². The first kappa shape index (κ1) is 15.0. The van der Waals surface area contributed by atoms with Crippen LogP contribution in [0.25, 0.3) is 0 Å². The second kappa shape index (κ2) is 5.26. The van der Waals surface area contributed by atoms with Crippen LogP contribution in [0.1, 0.15) is 34.1 Å². The summed E-state index contributed by atoms with van der Waals surface area (Å²) in [6.45, 7) is 8.20. The van der Waals surface area contributed by atoms with Gasteiger partial charge >= 0.3 is 0 Å². The molecule has 18 heavy (non-hydrogen) atoms. The third-order valence-corrected chi connectivity index (χ3v) is 3.47. The molecule has 5 heteroatoms. The highest BCUT2D eigenvalue weighted by Crippen LogP contribution is 2.21. The normalized spacial score (nSPS) is 25.3. The number of amides is 2. The number of piperazine rings is 1. The number of rotatable bonds is 4. The molecule has 0 aromatic rings. The van der Waals surface area contributed by atoms with Crippen molar-refractivity contribution >= 4 is 11.8 Å². The van der Waals surface area contributed by atoms with Crippen LogP contribution in [0.2, 0.25) is 0 Å². The van der Waals surface area contributed by atoms with Crippen LogP contribution in [-0.2, 0) is 9.59 Å². The van der Waals surface area contributed by atoms with Crippen LogP contribution in [0.5, 0.6) is 0 Å². The lowest BCUT2D eigenvalue weighted by atomic mass is 9.95. The topological polar surface area (TPSA) is 52.6 Å². The van der Waals surface area contributed by atoms with E-state index < -0.39 is 5.54 Å². The van der Waals surface area contributed by atoms with Crippen LogP contribution in [0, 0.1) is 0 Å². The van der Waals surface area contributed by atoms with Gasteiger partial charge < -0.3 is 15.1 Å². The molecule has 0 saturated carbocycles. The maximum Gasteiger partial charge on any atom is 0.248 e. The average molecular weight is 255 g/mol. The van der Waals surface area contributed by atoms with Gasteiger partial charge in [0.1, 0.15) is 11.6 Å². The highest BCUT2D eigenvalue weighted by Gasteiger charge is 2.44. The summed E-state index contributed by atoms with van der Waals surface area (Å²) in [7, 11) is 4.01. The van der Waals surface area contributed by atoms with E-state index in [2.05, 4.69) is 10.2 Å². The predicted molar refractivity (Wildman–Crippen MR) is 71.2 cm³/mol. The van der Waals surface area contributed by atoms with Gasteiger partial charge in [-0.3, -0.25) is 9.59 Å². The summed E-state index contributed by atoms with van der Waals surface area (Å²) in [5.74, 6) is -0.0721. The zero-order valence-electron chi connectivity index (χ0n) is 12.3. The molecular formula is C13H25N3O2. The van der Waals surface area contributed by atoms with E-state index in [4.69, 9.17) is 0 Å². The zero-order valence-corrected chi connectivity index (χ0v) is 12.3. The van der Waals surface area contributed by atoms with E-state index in [0.29, 0.717) is 0 Å². The van der Waals surface area contributed by atoms with Crippen molar-refractivity contribution in [3.05, 3.63) is 0 Å². The second-order valence-electron chi connectivity index (χ2n) is 5.94. The predicted octanol–water partition coefficient (Wildman–Crippen LogP) is 0.452. The lowest BCUT2D eigenvalue weighted by Crippen LogP contribution is -2.69. The molecule has 0 bridgehead atoms. The van der Waals surface area contributed by atoms with Gasteiger partial charge in [0, 0.05) is 6.04 Å². The van der Waals surface area contributed by atoms with Crippen molar-refractivity contribution in [2.24, 2.45) is 0 Å². The molecule has 2 amide bonds. The lowest BCUT2D eigenvalue weighted by molar-refractivity contribution is -0.155. The van der Waals surface area contributed by atoms with Gasteiger partial charge in [0.05, 0.1) is 0 Å². The molecule has 1 aliphatic rings. The van der Waals surface area contributed by atoms with Crippen LogP contribution in [0.4, 0.5) is 0 Å². The highest BCUT2D eigenvalue weighted by atomic mass is 16.2. The Labute approximate surface area is 110 Å². The highest BCUT2D eigenvalue weighted by molar-refractivity contribution is 5.99.